The van der Waals surface area contributed by atoms with Crippen molar-refractivity contribution in [2.75, 3.05) is 0 Å². The Labute approximate surface area is 88.2 Å². The van der Waals surface area contributed by atoms with Gasteiger partial charge in [0.2, 0.25) is 0 Å². The summed E-state index contributed by atoms with van der Waals surface area (Å²) in [4.78, 5) is 0. The van der Waals surface area contributed by atoms with Gasteiger partial charge >= 0.3 is 51.2 Å². The van der Waals surface area contributed by atoms with Crippen molar-refractivity contribution < 1.29 is 0 Å². The van der Waals surface area contributed by atoms with E-state index in [1.807, 2.05) is 18.2 Å². The van der Waals surface area contributed by atoms with Crippen molar-refractivity contribution >= 4 is 58.1 Å². The van der Waals surface area contributed by atoms with Gasteiger partial charge in [0.15, 0.2) is 0 Å². The molecular formula is C6H8Cl3Ge. The van der Waals surface area contributed by atoms with Crippen molar-refractivity contribution in [3.63, 3.8) is 0 Å². The van der Waals surface area contributed by atoms with Gasteiger partial charge in [-0.2, -0.15) is 0 Å². The second-order valence-corrected chi connectivity index (χ2v) is 2.58. The molecule has 1 rings (SSSR count). The fraction of sp³-hybridized carbons (Fsp3) is 0. The van der Waals surface area contributed by atoms with Crippen LogP contribution >= 0.6 is 37.2 Å². The molecule has 0 bridgehead atoms. The van der Waals surface area contributed by atoms with E-state index < -0.39 is 0 Å². The molecule has 0 aliphatic rings. The summed E-state index contributed by atoms with van der Waals surface area (Å²) in [5.74, 6) is 0. The van der Waals surface area contributed by atoms with Crippen LogP contribution in [0.15, 0.2) is 30.3 Å². The summed E-state index contributed by atoms with van der Waals surface area (Å²) in [6, 6.07) is 10.3. The molecular weight excluding hydrogens is 251 g/mol. The average Bonchev–Trinajstić information content (AvgIpc) is 1.69. The Bertz CT molecular complexity index is 143. The van der Waals surface area contributed by atoms with Crippen molar-refractivity contribution in [3.05, 3.63) is 30.3 Å². The van der Waals surface area contributed by atoms with Crippen LogP contribution in [-0.4, -0.2) is 16.5 Å². The van der Waals surface area contributed by atoms with Crippen LogP contribution in [0.5, 0.6) is 0 Å². The predicted octanol–water partition coefficient (Wildman–Crippen LogP) is 1.75. The first-order valence-electron chi connectivity index (χ1n) is 2.16. The molecule has 0 N–H and O–H groups in total. The summed E-state index contributed by atoms with van der Waals surface area (Å²) in [5.41, 5.74) is 0. The van der Waals surface area contributed by atoms with Crippen molar-refractivity contribution in [1.82, 2.24) is 0 Å². The second kappa shape index (κ2) is 9.63. The Morgan fingerprint density at radius 3 is 1.40 bits per heavy atom. The van der Waals surface area contributed by atoms with Crippen LogP contribution in [0, 0.1) is 0 Å². The van der Waals surface area contributed by atoms with E-state index >= 15 is 0 Å². The van der Waals surface area contributed by atoms with Gasteiger partial charge in [0, 0.05) is 0 Å². The molecule has 0 unspecified atom stereocenters. The van der Waals surface area contributed by atoms with Crippen LogP contribution in [-0.2, 0) is 0 Å². The van der Waals surface area contributed by atoms with E-state index in [4.69, 9.17) is 0 Å². The monoisotopic (exact) mass is 259 g/mol. The molecule has 4 heteroatoms. The Morgan fingerprint density at radius 2 is 1.20 bits per heavy atom. The molecule has 0 heterocycles. The molecule has 1 aromatic carbocycles. The maximum absolute atomic E-state index is 2.08. The Morgan fingerprint density at radius 1 is 0.800 bits per heavy atom. The van der Waals surface area contributed by atoms with E-state index in [1.165, 1.54) is 4.40 Å². The number of halogens is 3. The summed E-state index contributed by atoms with van der Waals surface area (Å²) < 4.78 is 1.32. The standard InChI is InChI=1S/C6H5Ge.3ClH/c7-6-4-2-1-3-5-6;;;/h1-5H;3*1H. The van der Waals surface area contributed by atoms with Gasteiger partial charge in [-0.3, -0.25) is 0 Å². The zero-order valence-corrected chi connectivity index (χ0v) is 9.66. The summed E-state index contributed by atoms with van der Waals surface area (Å²) in [6.45, 7) is 0. The van der Waals surface area contributed by atoms with Crippen LogP contribution in [0.2, 0.25) is 0 Å². The Balaban J connectivity index is -0.000000163. The zero-order valence-electron chi connectivity index (χ0n) is 5.11. The molecule has 0 saturated carbocycles. The fourth-order valence-electron chi connectivity index (χ4n) is 0.438. The molecule has 10 heavy (non-hydrogen) atoms. The predicted molar refractivity (Wildman–Crippen MR) is 53.6 cm³/mol. The summed E-state index contributed by atoms with van der Waals surface area (Å²) >= 11 is 2.08. The molecule has 0 spiro atoms. The molecule has 1 aromatic rings. The zero-order chi connectivity index (χ0) is 5.11. The SMILES string of the molecule is Cl.Cl.Cl.[Ge][c]1ccccc1. The van der Waals surface area contributed by atoms with Crippen molar-refractivity contribution in [2.24, 2.45) is 0 Å². The fourth-order valence-corrected chi connectivity index (χ4v) is 0.842. The summed E-state index contributed by atoms with van der Waals surface area (Å²) in [7, 11) is 0. The normalized spacial score (nSPS) is 6.10. The first-order chi connectivity index (χ1) is 3.39. The van der Waals surface area contributed by atoms with E-state index in [2.05, 4.69) is 28.6 Å². The van der Waals surface area contributed by atoms with Crippen LogP contribution < -0.4 is 4.40 Å². The van der Waals surface area contributed by atoms with Crippen LogP contribution in [0.1, 0.15) is 0 Å². The Kier molecular flexibility index (Phi) is 16.3. The molecule has 0 fully saturated rings. The van der Waals surface area contributed by atoms with E-state index in [-0.39, 0.29) is 37.2 Å². The van der Waals surface area contributed by atoms with Gasteiger partial charge in [0.05, 0.1) is 0 Å². The molecule has 0 atom stereocenters. The van der Waals surface area contributed by atoms with E-state index in [9.17, 15) is 0 Å². The van der Waals surface area contributed by atoms with Crippen LogP contribution in [0.25, 0.3) is 0 Å². The third kappa shape index (κ3) is 6.75. The molecule has 0 aliphatic heterocycles. The quantitative estimate of drug-likeness (QED) is 0.623. The maximum atomic E-state index is 2.08. The summed E-state index contributed by atoms with van der Waals surface area (Å²) in [5, 5.41) is 0. The van der Waals surface area contributed by atoms with Crippen molar-refractivity contribution in [3.8, 4) is 0 Å². The molecule has 57 valence electrons. The molecule has 3 radical (unpaired) electrons. The van der Waals surface area contributed by atoms with Crippen molar-refractivity contribution in [2.45, 2.75) is 0 Å². The number of benzene rings is 1. The van der Waals surface area contributed by atoms with E-state index in [0.29, 0.717) is 0 Å². The topological polar surface area (TPSA) is 0 Å². The average molecular weight is 259 g/mol. The number of hydrogen-bond acceptors (Lipinski definition) is 0. The van der Waals surface area contributed by atoms with Gasteiger partial charge in [-0.15, -0.1) is 37.2 Å². The van der Waals surface area contributed by atoms with Gasteiger partial charge < -0.3 is 0 Å². The number of hydrogen-bond donors (Lipinski definition) is 0. The van der Waals surface area contributed by atoms with Gasteiger partial charge in [-0.1, -0.05) is 0 Å². The third-order valence-electron chi connectivity index (χ3n) is 0.774. The number of rotatable bonds is 0. The van der Waals surface area contributed by atoms with Crippen LogP contribution in [0.3, 0.4) is 0 Å². The molecule has 0 saturated heterocycles. The molecule has 0 aromatic heterocycles. The van der Waals surface area contributed by atoms with Gasteiger partial charge in [-0.25, -0.2) is 0 Å². The molecule has 0 aliphatic carbocycles. The minimum absolute atomic E-state index is 0. The van der Waals surface area contributed by atoms with Gasteiger partial charge in [-0.05, 0) is 0 Å². The van der Waals surface area contributed by atoms with Crippen molar-refractivity contribution in [1.29, 1.82) is 0 Å². The van der Waals surface area contributed by atoms with E-state index in [1.54, 1.807) is 0 Å². The first kappa shape index (κ1) is 16.9. The van der Waals surface area contributed by atoms with Gasteiger partial charge in [0.25, 0.3) is 0 Å². The third-order valence-corrected chi connectivity index (χ3v) is 1.47. The van der Waals surface area contributed by atoms with E-state index in [0.717, 1.165) is 0 Å². The first-order valence-corrected chi connectivity index (χ1v) is 3.21. The molecule has 0 nitrogen and oxygen atoms in total. The Hall–Kier alpha value is 0.633. The summed E-state index contributed by atoms with van der Waals surface area (Å²) in [6.07, 6.45) is 0. The molecule has 0 amide bonds. The second-order valence-electron chi connectivity index (χ2n) is 1.37. The minimum atomic E-state index is 0. The van der Waals surface area contributed by atoms with Gasteiger partial charge in [0.1, 0.15) is 0 Å². The van der Waals surface area contributed by atoms with Crippen LogP contribution in [0.4, 0.5) is 0 Å².